The highest BCUT2D eigenvalue weighted by Gasteiger charge is 2.25. The summed E-state index contributed by atoms with van der Waals surface area (Å²) in [5.41, 5.74) is 1.87. The van der Waals surface area contributed by atoms with Crippen LogP contribution in [0.25, 0.3) is 11.7 Å². The SMILES string of the molecule is Cc1cnc(C)n2nc(/C=C/C3=NC(Br)CN3CC3C=C3)nc12. The molecule has 1 aliphatic heterocycles. The van der Waals surface area contributed by atoms with Gasteiger partial charge in [0.1, 0.15) is 16.6 Å². The number of hydrogen-bond donors (Lipinski definition) is 0. The Morgan fingerprint density at radius 1 is 1.30 bits per heavy atom. The normalized spacial score (nSPS) is 20.9. The average molecular weight is 373 g/mol. The molecule has 1 aliphatic carbocycles. The maximum atomic E-state index is 4.62. The van der Waals surface area contributed by atoms with Gasteiger partial charge in [0, 0.05) is 24.2 Å². The summed E-state index contributed by atoms with van der Waals surface area (Å²) >= 11 is 3.58. The number of aromatic nitrogens is 4. The molecule has 0 bridgehead atoms. The number of rotatable bonds is 4. The van der Waals surface area contributed by atoms with Crippen LogP contribution in [0.15, 0.2) is 29.4 Å². The van der Waals surface area contributed by atoms with Crippen LogP contribution < -0.4 is 0 Å². The lowest BCUT2D eigenvalue weighted by Crippen LogP contribution is -2.29. The van der Waals surface area contributed by atoms with Crippen molar-refractivity contribution in [3.8, 4) is 0 Å². The summed E-state index contributed by atoms with van der Waals surface area (Å²) in [4.78, 5) is 16.0. The second-order valence-corrected chi connectivity index (χ2v) is 6.96. The fourth-order valence-corrected chi connectivity index (χ4v) is 3.20. The van der Waals surface area contributed by atoms with E-state index in [2.05, 4.69) is 53.0 Å². The van der Waals surface area contributed by atoms with Gasteiger partial charge >= 0.3 is 0 Å². The van der Waals surface area contributed by atoms with Gasteiger partial charge in [-0.3, -0.25) is 4.99 Å². The van der Waals surface area contributed by atoms with E-state index in [0.717, 1.165) is 36.0 Å². The van der Waals surface area contributed by atoms with Crippen LogP contribution in [0.2, 0.25) is 0 Å². The highest BCUT2D eigenvalue weighted by molar-refractivity contribution is 9.09. The number of halogens is 1. The lowest BCUT2D eigenvalue weighted by molar-refractivity contribution is 0.443. The van der Waals surface area contributed by atoms with E-state index in [0.29, 0.717) is 11.7 Å². The van der Waals surface area contributed by atoms with Crippen LogP contribution in [0.1, 0.15) is 17.2 Å². The van der Waals surface area contributed by atoms with Crippen LogP contribution in [-0.4, -0.2) is 48.4 Å². The molecule has 0 amide bonds. The topological polar surface area (TPSA) is 58.7 Å². The molecule has 2 aliphatic rings. The number of fused-ring (bicyclic) bond motifs is 1. The molecule has 4 rings (SSSR count). The summed E-state index contributed by atoms with van der Waals surface area (Å²) in [5.74, 6) is 3.08. The molecular formula is C16H17BrN6. The fraction of sp³-hybridized carbons (Fsp3) is 0.375. The predicted octanol–water partition coefficient (Wildman–Crippen LogP) is 2.38. The highest BCUT2D eigenvalue weighted by atomic mass is 79.9. The molecule has 6 nitrogen and oxygen atoms in total. The van der Waals surface area contributed by atoms with Crippen LogP contribution in [0.3, 0.4) is 0 Å². The van der Waals surface area contributed by atoms with Gasteiger partial charge in [0.2, 0.25) is 0 Å². The zero-order chi connectivity index (χ0) is 16.0. The Labute approximate surface area is 142 Å². The summed E-state index contributed by atoms with van der Waals surface area (Å²) in [7, 11) is 0. The minimum absolute atomic E-state index is 0.156. The number of aryl methyl sites for hydroxylation is 2. The lowest BCUT2D eigenvalue weighted by Gasteiger charge is -2.18. The van der Waals surface area contributed by atoms with Crippen molar-refractivity contribution in [1.29, 1.82) is 0 Å². The molecule has 0 saturated heterocycles. The molecule has 0 spiro atoms. The van der Waals surface area contributed by atoms with Crippen molar-refractivity contribution >= 4 is 33.5 Å². The van der Waals surface area contributed by atoms with Crippen molar-refractivity contribution < 1.29 is 0 Å². The molecule has 1 unspecified atom stereocenters. The number of alkyl halides is 1. The number of aliphatic imine (C=N–C) groups is 1. The zero-order valence-electron chi connectivity index (χ0n) is 13.0. The van der Waals surface area contributed by atoms with Crippen molar-refractivity contribution in [3.05, 3.63) is 41.6 Å². The number of amidine groups is 1. The van der Waals surface area contributed by atoms with E-state index < -0.39 is 0 Å². The van der Waals surface area contributed by atoms with E-state index in [-0.39, 0.29) is 4.95 Å². The van der Waals surface area contributed by atoms with Gasteiger partial charge in [-0.2, -0.15) is 4.52 Å². The van der Waals surface area contributed by atoms with E-state index in [1.807, 2.05) is 32.2 Å². The molecule has 2 aromatic rings. The van der Waals surface area contributed by atoms with Gasteiger partial charge in [-0.1, -0.05) is 28.1 Å². The molecule has 2 aromatic heterocycles. The summed E-state index contributed by atoms with van der Waals surface area (Å²) in [6.45, 7) is 5.81. The molecule has 0 radical (unpaired) electrons. The Morgan fingerprint density at radius 2 is 2.13 bits per heavy atom. The van der Waals surface area contributed by atoms with E-state index in [9.17, 15) is 0 Å². The summed E-state index contributed by atoms with van der Waals surface area (Å²) in [5, 5.41) is 4.51. The van der Waals surface area contributed by atoms with Gasteiger partial charge < -0.3 is 4.90 Å². The minimum atomic E-state index is 0.156. The average Bonchev–Trinajstić information content (AvgIpc) is 3.10. The van der Waals surface area contributed by atoms with Gasteiger partial charge in [-0.15, -0.1) is 5.10 Å². The van der Waals surface area contributed by atoms with Gasteiger partial charge in [-0.05, 0) is 26.0 Å². The van der Waals surface area contributed by atoms with Crippen molar-refractivity contribution in [3.63, 3.8) is 0 Å². The molecule has 7 heteroatoms. The molecule has 1 atom stereocenters. The molecule has 118 valence electrons. The van der Waals surface area contributed by atoms with E-state index in [1.165, 1.54) is 0 Å². The van der Waals surface area contributed by atoms with Gasteiger partial charge in [0.05, 0.1) is 6.54 Å². The third kappa shape index (κ3) is 2.93. The molecule has 0 N–H and O–H groups in total. The molecule has 0 aromatic carbocycles. The third-order valence-corrected chi connectivity index (χ3v) is 4.47. The largest absolute Gasteiger partial charge is 0.353 e. The van der Waals surface area contributed by atoms with Crippen LogP contribution >= 0.6 is 15.9 Å². The smallest absolute Gasteiger partial charge is 0.175 e. The van der Waals surface area contributed by atoms with Crippen molar-refractivity contribution in [1.82, 2.24) is 24.5 Å². The van der Waals surface area contributed by atoms with Crippen LogP contribution in [0.4, 0.5) is 0 Å². The standard InChI is InChI=1S/C16H17BrN6/c1-10-7-18-11(2)23-16(10)20-14(21-23)5-6-15-19-13(17)9-22(15)8-12-3-4-12/h3-7,12-13H,8-9H2,1-2H3/b6-5+. The third-order valence-electron chi connectivity index (χ3n) is 3.97. The van der Waals surface area contributed by atoms with E-state index in [1.54, 1.807) is 4.52 Å². The Balaban J connectivity index is 1.59. The van der Waals surface area contributed by atoms with E-state index >= 15 is 0 Å². The van der Waals surface area contributed by atoms with Crippen molar-refractivity contribution in [2.75, 3.05) is 13.1 Å². The molecule has 3 heterocycles. The first-order chi connectivity index (χ1) is 11.1. The monoisotopic (exact) mass is 372 g/mol. The maximum absolute atomic E-state index is 4.62. The van der Waals surface area contributed by atoms with Crippen molar-refractivity contribution in [2.45, 2.75) is 18.8 Å². The van der Waals surface area contributed by atoms with E-state index in [4.69, 9.17) is 0 Å². The molecule has 0 fully saturated rings. The van der Waals surface area contributed by atoms with Crippen molar-refractivity contribution in [2.24, 2.45) is 10.9 Å². The quantitative estimate of drug-likeness (QED) is 0.469. The summed E-state index contributed by atoms with van der Waals surface area (Å²) in [6.07, 6.45) is 10.2. The lowest BCUT2D eigenvalue weighted by atomic mass is 10.3. The maximum Gasteiger partial charge on any atom is 0.175 e. The Bertz CT molecular complexity index is 805. The predicted molar refractivity (Wildman–Crippen MR) is 93.6 cm³/mol. The molecule has 0 saturated carbocycles. The molecule has 23 heavy (non-hydrogen) atoms. The van der Waals surface area contributed by atoms with Gasteiger partial charge in [0.15, 0.2) is 11.5 Å². The molecular weight excluding hydrogens is 356 g/mol. The number of hydrogen-bond acceptors (Lipinski definition) is 5. The Hall–Kier alpha value is -2.02. The fourth-order valence-electron chi connectivity index (χ4n) is 2.64. The Morgan fingerprint density at radius 3 is 2.87 bits per heavy atom. The van der Waals surface area contributed by atoms with Crippen LogP contribution in [0, 0.1) is 19.8 Å². The van der Waals surface area contributed by atoms with Gasteiger partial charge in [0.25, 0.3) is 0 Å². The first kappa shape index (κ1) is 14.6. The van der Waals surface area contributed by atoms with Crippen LogP contribution in [0.5, 0.6) is 0 Å². The summed E-state index contributed by atoms with van der Waals surface area (Å²) in [6, 6.07) is 0. The highest BCUT2D eigenvalue weighted by Crippen LogP contribution is 2.22. The van der Waals surface area contributed by atoms with Gasteiger partial charge in [-0.25, -0.2) is 9.97 Å². The number of nitrogens with zero attached hydrogens (tertiary/aromatic N) is 6. The first-order valence-corrected chi connectivity index (χ1v) is 8.54. The second-order valence-electron chi connectivity index (χ2n) is 5.90. The zero-order valence-corrected chi connectivity index (χ0v) is 14.6. The summed E-state index contributed by atoms with van der Waals surface area (Å²) < 4.78 is 1.78. The Kier molecular flexibility index (Phi) is 3.52. The second kappa shape index (κ2) is 5.56. The van der Waals surface area contributed by atoms with Crippen LogP contribution in [-0.2, 0) is 0 Å². The minimum Gasteiger partial charge on any atom is -0.353 e. The first-order valence-electron chi connectivity index (χ1n) is 7.62.